The molecule has 0 saturated carbocycles. The zero-order valence-electron chi connectivity index (χ0n) is 37.3. The van der Waals surface area contributed by atoms with Crippen molar-refractivity contribution in [2.75, 3.05) is 0 Å². The maximum Gasteiger partial charge on any atom is 0.148 e. The summed E-state index contributed by atoms with van der Waals surface area (Å²) >= 11 is 1.80. The van der Waals surface area contributed by atoms with Gasteiger partial charge in [-0.2, -0.15) is 11.3 Å². The van der Waals surface area contributed by atoms with Gasteiger partial charge in [0, 0.05) is 43.2 Å². The molecule has 0 aliphatic rings. The predicted molar refractivity (Wildman–Crippen MR) is 260 cm³/mol. The van der Waals surface area contributed by atoms with Gasteiger partial charge in [-0.25, -0.2) is 4.98 Å². The number of para-hydroxylation sites is 1. The molecule has 3 heterocycles. The van der Waals surface area contributed by atoms with E-state index >= 15 is 0 Å². The maximum absolute atomic E-state index is 12.6. The van der Waals surface area contributed by atoms with Gasteiger partial charge in [0.1, 0.15) is 11.6 Å². The monoisotopic (exact) mass is 1010 g/mol. The molecule has 0 atom stereocenters. The fourth-order valence-electron chi connectivity index (χ4n) is 8.78. The number of fused-ring (bicyclic) bond motifs is 4. The minimum Gasteiger partial charge on any atom is -0.507 e. The number of benzene rings is 6. The smallest absolute Gasteiger partial charge is 0.148 e. The van der Waals surface area contributed by atoms with Crippen LogP contribution in [-0.4, -0.2) is 19.6 Å². The third-order valence-corrected chi connectivity index (χ3v) is 13.2. The molecule has 0 radical (unpaired) electrons. The van der Waals surface area contributed by atoms with E-state index in [1.807, 2.05) is 18.3 Å². The Labute approximate surface area is 385 Å². The van der Waals surface area contributed by atoms with Gasteiger partial charge in [-0.05, 0) is 97.0 Å². The first-order chi connectivity index (χ1) is 29.1. The molecule has 0 aliphatic carbocycles. The fraction of sp³-hybridized carbons (Fsp3) is 0.250. The Morgan fingerprint density at radius 2 is 1.34 bits per heavy atom. The summed E-state index contributed by atoms with van der Waals surface area (Å²) in [5, 5.41) is 15.0. The summed E-state index contributed by atoms with van der Waals surface area (Å²) in [5.41, 5.74) is 13.9. The summed E-state index contributed by atoms with van der Waals surface area (Å²) in [7, 11) is 0. The van der Waals surface area contributed by atoms with E-state index in [1.54, 1.807) is 11.3 Å². The number of imidazole rings is 1. The topological polar surface area (TPSA) is 50.9 Å². The van der Waals surface area contributed by atoms with E-state index in [2.05, 4.69) is 189 Å². The van der Waals surface area contributed by atoms with Gasteiger partial charge < -0.3 is 5.11 Å². The molecule has 0 unspecified atom stereocenters. The summed E-state index contributed by atoms with van der Waals surface area (Å²) in [4.78, 5) is 10.5. The van der Waals surface area contributed by atoms with Gasteiger partial charge >= 0.3 is 0 Å². The van der Waals surface area contributed by atoms with Crippen LogP contribution in [0.5, 0.6) is 5.75 Å². The number of aromatic nitrogens is 3. The summed E-state index contributed by atoms with van der Waals surface area (Å²) in [6, 6.07) is 47.2. The van der Waals surface area contributed by atoms with Gasteiger partial charge in [-0.3, -0.25) is 9.55 Å². The zero-order valence-corrected chi connectivity index (χ0v) is 40.4. The van der Waals surface area contributed by atoms with E-state index in [4.69, 9.17) is 9.97 Å². The van der Waals surface area contributed by atoms with Gasteiger partial charge in [-0.15, -0.1) is 17.7 Å². The summed E-state index contributed by atoms with van der Waals surface area (Å²) in [5.74, 6) is 1.36. The summed E-state index contributed by atoms with van der Waals surface area (Å²) in [6.45, 7) is 22.4. The van der Waals surface area contributed by atoms with Crippen LogP contribution < -0.4 is 0 Å². The Balaban J connectivity index is 0.00000529. The second-order valence-corrected chi connectivity index (χ2v) is 20.2. The Hall–Kier alpha value is -5.35. The minimum absolute atomic E-state index is 0. The van der Waals surface area contributed by atoms with Crippen molar-refractivity contribution in [2.45, 2.75) is 91.9 Å². The molecule has 1 N–H and O–H groups in total. The van der Waals surface area contributed by atoms with Crippen LogP contribution in [0.3, 0.4) is 0 Å². The van der Waals surface area contributed by atoms with Crippen LogP contribution in [0.2, 0.25) is 0 Å². The van der Waals surface area contributed by atoms with Crippen molar-refractivity contribution in [1.82, 2.24) is 14.5 Å². The molecule has 6 aromatic carbocycles. The minimum atomic E-state index is -0.321. The number of pyridine rings is 1. The molecule has 4 nitrogen and oxygen atoms in total. The molecule has 0 spiro atoms. The van der Waals surface area contributed by atoms with Crippen LogP contribution in [0, 0.1) is 6.07 Å². The molecule has 9 rings (SSSR count). The number of aromatic hydroxyl groups is 1. The second kappa shape index (κ2) is 16.4. The van der Waals surface area contributed by atoms with Crippen molar-refractivity contribution in [3.8, 4) is 56.3 Å². The number of hydrogen-bond donors (Lipinski definition) is 1. The molecule has 9 aromatic rings. The molecule has 316 valence electrons. The van der Waals surface area contributed by atoms with Gasteiger partial charge in [0.15, 0.2) is 0 Å². The molecule has 0 saturated heterocycles. The van der Waals surface area contributed by atoms with E-state index in [1.165, 1.54) is 37.0 Å². The SMILES string of the molecule is CC(C)c1cc(-c2ccccc2)cc(C(C)C)c1-n1c(-c2cc(C(C)(C)C)cc(C(C)(C)C)c2O)nc2c(-c3[c-]c(-c4ccccn4)cc4sc5ccccc5c34)cccc21.[Pt]. The van der Waals surface area contributed by atoms with Crippen LogP contribution in [0.25, 0.3) is 81.8 Å². The summed E-state index contributed by atoms with van der Waals surface area (Å²) in [6.07, 6.45) is 1.85. The van der Waals surface area contributed by atoms with Crippen LogP contribution in [0.4, 0.5) is 0 Å². The average Bonchev–Trinajstić information content (AvgIpc) is 3.81. The summed E-state index contributed by atoms with van der Waals surface area (Å²) < 4.78 is 4.78. The largest absolute Gasteiger partial charge is 0.507 e. The predicted octanol–water partition coefficient (Wildman–Crippen LogP) is 15.8. The molecule has 3 aromatic heterocycles. The van der Waals surface area contributed by atoms with Gasteiger partial charge in [-0.1, -0.05) is 165 Å². The van der Waals surface area contributed by atoms with Crippen molar-refractivity contribution in [1.29, 1.82) is 0 Å². The van der Waals surface area contributed by atoms with E-state index < -0.39 is 0 Å². The quantitative estimate of drug-likeness (QED) is 0.162. The number of phenols is 1. The third kappa shape index (κ3) is 7.62. The molecule has 6 heteroatoms. The third-order valence-electron chi connectivity index (χ3n) is 12.1. The fourth-order valence-corrected chi connectivity index (χ4v) is 9.94. The number of thiophene rings is 1. The Bertz CT molecular complexity index is 3080. The van der Waals surface area contributed by atoms with Gasteiger partial charge in [0.2, 0.25) is 0 Å². The van der Waals surface area contributed by atoms with Crippen LogP contribution in [-0.2, 0) is 31.9 Å². The first kappa shape index (κ1) is 43.3. The molecule has 0 bridgehead atoms. The normalized spacial score (nSPS) is 12.3. The molecular formula is C56H54N3OPtS-. The van der Waals surface area contributed by atoms with Crippen molar-refractivity contribution in [2.24, 2.45) is 0 Å². The van der Waals surface area contributed by atoms with Crippen molar-refractivity contribution < 1.29 is 26.2 Å². The average molecular weight is 1010 g/mol. The molecule has 0 fully saturated rings. The first-order valence-corrected chi connectivity index (χ1v) is 22.3. The van der Waals surface area contributed by atoms with Gasteiger partial charge in [0.25, 0.3) is 0 Å². The molecule has 0 amide bonds. The van der Waals surface area contributed by atoms with E-state index in [9.17, 15) is 5.11 Å². The van der Waals surface area contributed by atoms with Crippen LogP contribution >= 0.6 is 11.3 Å². The van der Waals surface area contributed by atoms with Crippen LogP contribution in [0.15, 0.2) is 128 Å². The van der Waals surface area contributed by atoms with Crippen LogP contribution in [0.1, 0.15) is 103 Å². The first-order valence-electron chi connectivity index (χ1n) is 21.5. The number of rotatable bonds is 7. The van der Waals surface area contributed by atoms with E-state index in [0.717, 1.165) is 67.0 Å². The number of nitrogens with zero attached hydrogens (tertiary/aromatic N) is 3. The van der Waals surface area contributed by atoms with Gasteiger partial charge in [0.05, 0.1) is 22.3 Å². The maximum atomic E-state index is 12.6. The van der Waals surface area contributed by atoms with Crippen molar-refractivity contribution in [3.63, 3.8) is 0 Å². The Morgan fingerprint density at radius 3 is 1.98 bits per heavy atom. The second-order valence-electron chi connectivity index (χ2n) is 19.2. The number of hydrogen-bond acceptors (Lipinski definition) is 4. The molecular weight excluding hydrogens is 958 g/mol. The van der Waals surface area contributed by atoms with Crippen molar-refractivity contribution in [3.05, 3.63) is 156 Å². The Morgan fingerprint density at radius 1 is 0.661 bits per heavy atom. The number of phenolic OH excluding ortho intramolecular Hbond substituents is 1. The van der Waals surface area contributed by atoms with Crippen molar-refractivity contribution >= 4 is 42.5 Å². The Kier molecular flexibility index (Phi) is 11.5. The van der Waals surface area contributed by atoms with E-state index in [0.29, 0.717) is 0 Å². The molecule has 0 aliphatic heterocycles. The zero-order chi connectivity index (χ0) is 43.0. The van der Waals surface area contributed by atoms with E-state index in [-0.39, 0.29) is 49.5 Å². The standard InChI is InChI=1S/C56H54N3OS.Pt/c1-33(2)41-27-36(35-19-12-11-13-20-35)28-42(34(3)4)52(41)59-47-24-18-22-39(51(47)58-54(59)44-31-38(55(5,6)7)32-45(53(44)60)56(8,9)10)43-29-37(46-23-16-17-26-57-46)30-49-50(43)40-21-14-15-25-48(40)61-49;/h11-28,30-34,60H,1-10H3;/q-1;. The molecule has 62 heavy (non-hydrogen) atoms.